The third-order valence-corrected chi connectivity index (χ3v) is 4.97. The van der Waals surface area contributed by atoms with E-state index in [2.05, 4.69) is 19.8 Å². The van der Waals surface area contributed by atoms with Crippen molar-refractivity contribution >= 4 is 16.0 Å². The van der Waals surface area contributed by atoms with Gasteiger partial charge in [0, 0.05) is 31.1 Å². The maximum Gasteiger partial charge on any atom is 0.322 e. The third kappa shape index (κ3) is 4.77. The topological polar surface area (TPSA) is 106 Å². The largest absolute Gasteiger partial charge is 0.468 e. The van der Waals surface area contributed by atoms with Crippen LogP contribution in [0.2, 0.25) is 0 Å². The highest BCUT2D eigenvalue weighted by molar-refractivity contribution is 7.89. The number of nitrogens with zero attached hydrogens (tertiary/aromatic N) is 5. The zero-order chi connectivity index (χ0) is 17.6. The lowest BCUT2D eigenvalue weighted by Gasteiger charge is -2.14. The molecule has 0 radical (unpaired) electrons. The van der Waals surface area contributed by atoms with Crippen LogP contribution in [-0.4, -0.2) is 60.2 Å². The number of hydrogen-bond acceptors (Lipinski definition) is 7. The summed E-state index contributed by atoms with van der Waals surface area (Å²) >= 11 is 0. The molecule has 0 aliphatic heterocycles. The quantitative estimate of drug-likeness (QED) is 0.477. The van der Waals surface area contributed by atoms with Crippen LogP contribution in [-0.2, 0) is 26.1 Å². The van der Waals surface area contributed by atoms with E-state index >= 15 is 0 Å². The minimum absolute atomic E-state index is 0.179. The molecule has 24 heavy (non-hydrogen) atoms. The number of hydrogen-bond donors (Lipinski definition) is 0. The molecule has 0 atom stereocenters. The first-order valence-corrected chi connectivity index (χ1v) is 8.67. The monoisotopic (exact) mass is 352 g/mol. The second-order valence-corrected chi connectivity index (χ2v) is 6.98. The molecule has 0 saturated carbocycles. The van der Waals surface area contributed by atoms with Crippen molar-refractivity contribution in [2.24, 2.45) is 0 Å². The lowest BCUT2D eigenvalue weighted by molar-refractivity contribution is -0.752. The molecule has 2 aromatic rings. The Morgan fingerprint density at radius 3 is 2.62 bits per heavy atom. The summed E-state index contributed by atoms with van der Waals surface area (Å²) in [5, 5.41) is 4.21. The Kier molecular flexibility index (Phi) is 5.88. The van der Waals surface area contributed by atoms with Crippen molar-refractivity contribution in [3.05, 3.63) is 36.9 Å². The molecule has 0 N–H and O–H groups in total. The Labute approximate surface area is 140 Å². The van der Waals surface area contributed by atoms with Gasteiger partial charge in [-0.3, -0.25) is 4.79 Å². The van der Waals surface area contributed by atoms with Gasteiger partial charge >= 0.3 is 5.97 Å². The lowest BCUT2D eigenvalue weighted by Crippen LogP contribution is -2.44. The summed E-state index contributed by atoms with van der Waals surface area (Å²) < 4.78 is 31.0. The zero-order valence-electron chi connectivity index (χ0n) is 13.4. The molecule has 0 aromatic carbocycles. The molecule has 0 saturated heterocycles. The minimum Gasteiger partial charge on any atom is -0.468 e. The molecule has 0 unspecified atom stereocenters. The first-order valence-electron chi connectivity index (χ1n) is 7.06. The van der Waals surface area contributed by atoms with Crippen molar-refractivity contribution in [3.63, 3.8) is 0 Å². The maximum absolute atomic E-state index is 11.9. The Morgan fingerprint density at radius 2 is 2.04 bits per heavy atom. The number of sulfonamides is 1. The molecule has 0 amide bonds. The van der Waals surface area contributed by atoms with E-state index in [1.165, 1.54) is 7.05 Å². The van der Waals surface area contributed by atoms with Gasteiger partial charge in [-0.1, -0.05) is 4.68 Å². The molecule has 2 heterocycles. The molecule has 9 nitrogen and oxygen atoms in total. The SMILES string of the molecule is COC(=O)CS(=O)(=O)N(C)CC[n+]1ccc(-c2ncccn2)cn1. The van der Waals surface area contributed by atoms with Crippen LogP contribution in [0.15, 0.2) is 36.9 Å². The Balaban J connectivity index is 1.96. The van der Waals surface area contributed by atoms with Gasteiger partial charge in [0.05, 0.1) is 13.7 Å². The Hall–Kier alpha value is -2.46. The molecule has 0 spiro atoms. The van der Waals surface area contributed by atoms with Crippen molar-refractivity contribution in [1.29, 1.82) is 0 Å². The van der Waals surface area contributed by atoms with E-state index in [1.54, 1.807) is 41.6 Å². The van der Waals surface area contributed by atoms with Gasteiger partial charge in [-0.2, -0.15) is 4.31 Å². The number of ether oxygens (including phenoxy) is 1. The number of esters is 1. The van der Waals surface area contributed by atoms with Crippen LogP contribution in [0.25, 0.3) is 11.4 Å². The second-order valence-electron chi connectivity index (χ2n) is 4.91. The summed E-state index contributed by atoms with van der Waals surface area (Å²) in [6.07, 6.45) is 6.61. The molecule has 2 aromatic heterocycles. The van der Waals surface area contributed by atoms with Crippen molar-refractivity contribution in [2.45, 2.75) is 6.54 Å². The molecular weight excluding hydrogens is 334 g/mol. The number of rotatable bonds is 7. The zero-order valence-corrected chi connectivity index (χ0v) is 14.2. The number of aromatic nitrogens is 4. The van der Waals surface area contributed by atoms with Crippen LogP contribution in [0, 0.1) is 0 Å². The molecule has 0 fully saturated rings. The summed E-state index contributed by atoms with van der Waals surface area (Å²) in [5.41, 5.74) is 0.763. The van der Waals surface area contributed by atoms with E-state index in [0.717, 1.165) is 17.0 Å². The van der Waals surface area contributed by atoms with E-state index in [-0.39, 0.29) is 6.54 Å². The number of methoxy groups -OCH3 is 1. The normalized spacial score (nSPS) is 11.5. The summed E-state index contributed by atoms with van der Waals surface area (Å²) in [7, 11) is -1.14. The van der Waals surface area contributed by atoms with E-state index in [0.29, 0.717) is 12.4 Å². The highest BCUT2D eigenvalue weighted by Crippen LogP contribution is 2.09. The van der Waals surface area contributed by atoms with Crippen molar-refractivity contribution in [1.82, 2.24) is 19.4 Å². The van der Waals surface area contributed by atoms with Gasteiger partial charge in [0.2, 0.25) is 10.0 Å². The average Bonchev–Trinajstić information content (AvgIpc) is 2.60. The van der Waals surface area contributed by atoms with E-state index in [4.69, 9.17) is 0 Å². The Morgan fingerprint density at radius 1 is 1.33 bits per heavy atom. The van der Waals surface area contributed by atoms with Gasteiger partial charge < -0.3 is 4.74 Å². The third-order valence-electron chi connectivity index (χ3n) is 3.24. The van der Waals surface area contributed by atoms with Crippen molar-refractivity contribution < 1.29 is 22.6 Å². The van der Waals surface area contributed by atoms with Crippen LogP contribution < -0.4 is 4.68 Å². The fourth-order valence-corrected chi connectivity index (χ4v) is 2.79. The van der Waals surface area contributed by atoms with Gasteiger partial charge in [0.1, 0.15) is 6.20 Å². The van der Waals surface area contributed by atoms with Crippen LogP contribution >= 0.6 is 0 Å². The minimum atomic E-state index is -3.70. The van der Waals surface area contributed by atoms with Gasteiger partial charge in [-0.25, -0.2) is 18.4 Å². The molecule has 0 aliphatic carbocycles. The second kappa shape index (κ2) is 7.88. The Bertz CT molecular complexity index is 781. The molecule has 0 aliphatic rings. The highest BCUT2D eigenvalue weighted by Gasteiger charge is 2.23. The van der Waals surface area contributed by atoms with E-state index < -0.39 is 21.7 Å². The predicted molar refractivity (Wildman–Crippen MR) is 83.9 cm³/mol. The smallest absolute Gasteiger partial charge is 0.322 e. The van der Waals surface area contributed by atoms with Gasteiger partial charge in [0.25, 0.3) is 0 Å². The van der Waals surface area contributed by atoms with Crippen LogP contribution in [0.5, 0.6) is 0 Å². The van der Waals surface area contributed by atoms with Crippen molar-refractivity contribution in [3.8, 4) is 11.4 Å². The average molecular weight is 352 g/mol. The number of carbonyl (C=O) groups excluding carboxylic acids is 1. The first kappa shape index (κ1) is 17.9. The summed E-state index contributed by atoms with van der Waals surface area (Å²) in [6, 6.07) is 3.52. The summed E-state index contributed by atoms with van der Waals surface area (Å²) in [4.78, 5) is 19.4. The molecule has 128 valence electrons. The van der Waals surface area contributed by atoms with Crippen LogP contribution in [0.1, 0.15) is 0 Å². The molecular formula is C14H18N5O4S+. The van der Waals surface area contributed by atoms with Gasteiger partial charge in [-0.05, 0) is 11.2 Å². The van der Waals surface area contributed by atoms with Gasteiger partial charge in [0.15, 0.2) is 24.3 Å². The standard InChI is InChI=1S/C14H18N5O4S/c1-18(24(21,22)11-13(20)23-2)8-9-19-7-4-12(10-17-19)14-15-5-3-6-16-14/h3-7,10H,8-9,11H2,1-2H3/q+1. The van der Waals surface area contributed by atoms with Crippen molar-refractivity contribution in [2.75, 3.05) is 26.5 Å². The number of carbonyl (C=O) groups is 1. The summed E-state index contributed by atoms with van der Waals surface area (Å²) in [6.45, 7) is 0.519. The fourth-order valence-electron chi connectivity index (χ4n) is 1.80. The van der Waals surface area contributed by atoms with Gasteiger partial charge in [-0.15, -0.1) is 0 Å². The molecule has 0 bridgehead atoms. The molecule has 10 heteroatoms. The lowest BCUT2D eigenvalue weighted by atomic mass is 10.3. The first-order chi connectivity index (χ1) is 11.4. The number of likely N-dealkylation sites (N-methyl/N-ethyl adjacent to an activating group) is 1. The van der Waals surface area contributed by atoms with Crippen LogP contribution in [0.4, 0.5) is 0 Å². The van der Waals surface area contributed by atoms with Crippen LogP contribution in [0.3, 0.4) is 0 Å². The predicted octanol–water partition coefficient (Wildman–Crippen LogP) is -0.739. The summed E-state index contributed by atoms with van der Waals surface area (Å²) in [5.74, 6) is -0.905. The highest BCUT2D eigenvalue weighted by atomic mass is 32.2. The fraction of sp³-hybridized carbons (Fsp3) is 0.357. The van der Waals surface area contributed by atoms with E-state index in [1.807, 2.05) is 0 Å². The maximum atomic E-state index is 11.9. The molecule has 2 rings (SSSR count). The van der Waals surface area contributed by atoms with E-state index in [9.17, 15) is 13.2 Å².